The molecule has 33 heavy (non-hydrogen) atoms. The molecule has 2 amide bonds. The summed E-state index contributed by atoms with van der Waals surface area (Å²) in [5, 5.41) is 1.13. The van der Waals surface area contributed by atoms with Crippen molar-refractivity contribution in [2.75, 3.05) is 59.0 Å². The van der Waals surface area contributed by atoms with Gasteiger partial charge in [0.2, 0.25) is 11.8 Å². The smallest absolute Gasteiger partial charge is 0.242 e. The first kappa shape index (κ1) is 21.7. The van der Waals surface area contributed by atoms with Crippen LogP contribution in [0, 0.1) is 0 Å². The highest BCUT2D eigenvalue weighted by Gasteiger charge is 2.25. The number of benzene rings is 2. The number of fused-ring (bicyclic) bond motifs is 1. The van der Waals surface area contributed by atoms with Crippen LogP contribution >= 0.6 is 0 Å². The van der Waals surface area contributed by atoms with E-state index in [1.807, 2.05) is 40.1 Å². The van der Waals surface area contributed by atoms with Gasteiger partial charge in [0.25, 0.3) is 0 Å². The molecule has 2 aliphatic rings. The molecule has 7 nitrogen and oxygen atoms in total. The molecule has 5 rings (SSSR count). The highest BCUT2D eigenvalue weighted by molar-refractivity contribution is 5.89. The molecule has 0 radical (unpaired) electrons. The van der Waals surface area contributed by atoms with Crippen LogP contribution in [0.5, 0.6) is 0 Å². The van der Waals surface area contributed by atoms with Gasteiger partial charge in [-0.2, -0.15) is 0 Å². The summed E-state index contributed by atoms with van der Waals surface area (Å²) in [6.07, 6.45) is 0. The van der Waals surface area contributed by atoms with Crippen LogP contribution in [-0.2, 0) is 20.9 Å². The van der Waals surface area contributed by atoms with E-state index in [2.05, 4.69) is 39.8 Å². The van der Waals surface area contributed by atoms with Crippen LogP contribution in [0.25, 0.3) is 22.2 Å². The molecule has 3 aromatic rings. The minimum atomic E-state index is 0.118. The van der Waals surface area contributed by atoms with E-state index in [0.717, 1.165) is 35.2 Å². The van der Waals surface area contributed by atoms with Gasteiger partial charge in [0.05, 0.1) is 19.8 Å². The Hall–Kier alpha value is -3.16. The molecule has 7 heteroatoms. The van der Waals surface area contributed by atoms with Crippen molar-refractivity contribution in [3.05, 3.63) is 60.7 Å². The van der Waals surface area contributed by atoms with Crippen molar-refractivity contribution in [1.82, 2.24) is 19.3 Å². The number of nitrogens with zero attached hydrogens (tertiary/aromatic N) is 4. The Morgan fingerprint density at radius 2 is 1.36 bits per heavy atom. The van der Waals surface area contributed by atoms with Gasteiger partial charge in [-0.25, -0.2) is 0 Å². The molecule has 3 heterocycles. The van der Waals surface area contributed by atoms with E-state index in [1.54, 1.807) is 0 Å². The van der Waals surface area contributed by atoms with E-state index in [-0.39, 0.29) is 11.8 Å². The topological polar surface area (TPSA) is 58.0 Å². The van der Waals surface area contributed by atoms with E-state index in [0.29, 0.717) is 52.5 Å². The maximum Gasteiger partial charge on any atom is 0.242 e. The van der Waals surface area contributed by atoms with Crippen LogP contribution in [0.15, 0.2) is 60.7 Å². The molecule has 0 saturated carbocycles. The van der Waals surface area contributed by atoms with Crippen LogP contribution < -0.4 is 0 Å². The third kappa shape index (κ3) is 4.79. The van der Waals surface area contributed by atoms with Crippen LogP contribution in [-0.4, -0.2) is 90.1 Å². The molecule has 0 atom stereocenters. The lowest BCUT2D eigenvalue weighted by atomic mass is 10.1. The molecule has 0 bridgehead atoms. The lowest BCUT2D eigenvalue weighted by Gasteiger charge is -2.36. The summed E-state index contributed by atoms with van der Waals surface area (Å²) >= 11 is 0. The van der Waals surface area contributed by atoms with E-state index >= 15 is 0 Å². The maximum atomic E-state index is 13.3. The van der Waals surface area contributed by atoms with Gasteiger partial charge in [0.1, 0.15) is 6.54 Å². The number of carbonyl (C=O) groups is 2. The van der Waals surface area contributed by atoms with Crippen molar-refractivity contribution in [1.29, 1.82) is 0 Å². The third-order valence-corrected chi connectivity index (χ3v) is 6.62. The Morgan fingerprint density at radius 3 is 2.12 bits per heavy atom. The zero-order valence-corrected chi connectivity index (χ0v) is 18.9. The zero-order valence-electron chi connectivity index (χ0n) is 18.9. The summed E-state index contributed by atoms with van der Waals surface area (Å²) in [5.41, 5.74) is 3.23. The molecular formula is C26H30N4O3. The molecule has 2 aromatic carbocycles. The molecule has 1 aromatic heterocycles. The SMILES string of the molecule is O=C(CN1CCN(C(=O)Cn2c(-c3ccccc3)cc3ccccc32)CC1)N1CCOCC1. The Morgan fingerprint density at radius 1 is 0.727 bits per heavy atom. The van der Waals surface area contributed by atoms with Crippen molar-refractivity contribution < 1.29 is 14.3 Å². The largest absolute Gasteiger partial charge is 0.378 e. The second kappa shape index (κ2) is 9.77. The van der Waals surface area contributed by atoms with E-state index < -0.39 is 0 Å². The fraction of sp³-hybridized carbons (Fsp3) is 0.385. The first-order valence-corrected chi connectivity index (χ1v) is 11.7. The summed E-state index contributed by atoms with van der Waals surface area (Å²) in [5.74, 6) is 0.275. The molecule has 2 fully saturated rings. The molecular weight excluding hydrogens is 416 g/mol. The van der Waals surface area contributed by atoms with Crippen LogP contribution in [0.4, 0.5) is 0 Å². The molecule has 172 valence electrons. The molecule has 0 N–H and O–H groups in total. The average Bonchev–Trinajstić information content (AvgIpc) is 3.24. The van der Waals surface area contributed by atoms with Gasteiger partial charge in [0, 0.05) is 55.9 Å². The predicted octanol–water partition coefficient (Wildman–Crippen LogP) is 2.31. The third-order valence-electron chi connectivity index (χ3n) is 6.62. The quantitative estimate of drug-likeness (QED) is 0.604. The Balaban J connectivity index is 1.24. The molecule has 0 aliphatic carbocycles. The number of amides is 2. The van der Waals surface area contributed by atoms with Crippen molar-refractivity contribution in [2.24, 2.45) is 0 Å². The summed E-state index contributed by atoms with van der Waals surface area (Å²) in [7, 11) is 0. The summed E-state index contributed by atoms with van der Waals surface area (Å²) in [4.78, 5) is 31.8. The van der Waals surface area contributed by atoms with Gasteiger partial charge in [-0.1, -0.05) is 48.5 Å². The van der Waals surface area contributed by atoms with Crippen molar-refractivity contribution in [3.8, 4) is 11.3 Å². The number of carbonyl (C=O) groups excluding carboxylic acids is 2. The van der Waals surface area contributed by atoms with Crippen molar-refractivity contribution in [2.45, 2.75) is 6.54 Å². The normalized spacial score (nSPS) is 17.5. The molecule has 0 unspecified atom stereocenters. The number of hydrogen-bond donors (Lipinski definition) is 0. The molecule has 2 aliphatic heterocycles. The number of hydrogen-bond acceptors (Lipinski definition) is 4. The summed E-state index contributed by atoms with van der Waals surface area (Å²) in [6.45, 7) is 6.05. The van der Waals surface area contributed by atoms with E-state index in [1.165, 1.54) is 0 Å². The van der Waals surface area contributed by atoms with Crippen LogP contribution in [0.1, 0.15) is 0 Å². The minimum absolute atomic E-state index is 0.118. The number of morpholine rings is 1. The van der Waals surface area contributed by atoms with Gasteiger partial charge < -0.3 is 19.1 Å². The Bertz CT molecular complexity index is 1110. The van der Waals surface area contributed by atoms with Gasteiger partial charge in [-0.05, 0) is 17.7 Å². The molecule has 2 saturated heterocycles. The second-order valence-corrected chi connectivity index (χ2v) is 8.69. The second-order valence-electron chi connectivity index (χ2n) is 8.69. The van der Waals surface area contributed by atoms with Crippen LogP contribution in [0.3, 0.4) is 0 Å². The molecule has 0 spiro atoms. The summed E-state index contributed by atoms with van der Waals surface area (Å²) in [6, 6.07) is 20.6. The number of piperazine rings is 1. The number of aromatic nitrogens is 1. The first-order chi connectivity index (χ1) is 16.2. The summed E-state index contributed by atoms with van der Waals surface area (Å²) < 4.78 is 7.46. The highest BCUT2D eigenvalue weighted by Crippen LogP contribution is 2.28. The average molecular weight is 447 g/mol. The number of ether oxygens (including phenoxy) is 1. The zero-order chi connectivity index (χ0) is 22.6. The van der Waals surface area contributed by atoms with Crippen molar-refractivity contribution in [3.63, 3.8) is 0 Å². The fourth-order valence-corrected chi connectivity index (χ4v) is 4.72. The lowest BCUT2D eigenvalue weighted by molar-refractivity contribution is -0.138. The maximum absolute atomic E-state index is 13.3. The van der Waals surface area contributed by atoms with E-state index in [9.17, 15) is 9.59 Å². The lowest BCUT2D eigenvalue weighted by Crippen LogP contribution is -2.53. The first-order valence-electron chi connectivity index (χ1n) is 11.7. The van der Waals surface area contributed by atoms with E-state index in [4.69, 9.17) is 4.74 Å². The predicted molar refractivity (Wildman–Crippen MR) is 128 cm³/mol. The highest BCUT2D eigenvalue weighted by atomic mass is 16.5. The number of rotatable bonds is 5. The van der Waals surface area contributed by atoms with Crippen molar-refractivity contribution >= 4 is 22.7 Å². The van der Waals surface area contributed by atoms with Gasteiger partial charge >= 0.3 is 0 Å². The monoisotopic (exact) mass is 446 g/mol. The number of para-hydroxylation sites is 1. The van der Waals surface area contributed by atoms with Gasteiger partial charge in [0.15, 0.2) is 0 Å². The minimum Gasteiger partial charge on any atom is -0.378 e. The Labute approximate surface area is 194 Å². The standard InChI is InChI=1S/C26H30N4O3/c31-25(29-14-16-33-17-15-29)19-27-10-12-28(13-11-27)26(32)20-30-23-9-5-4-8-22(23)18-24(30)21-6-2-1-3-7-21/h1-9,18H,10-17,19-20H2. The van der Waals surface area contributed by atoms with Gasteiger partial charge in [-0.3, -0.25) is 14.5 Å². The fourth-order valence-electron chi connectivity index (χ4n) is 4.72. The van der Waals surface area contributed by atoms with Crippen LogP contribution in [0.2, 0.25) is 0 Å². The Kier molecular flexibility index (Phi) is 6.41. The van der Waals surface area contributed by atoms with Gasteiger partial charge in [-0.15, -0.1) is 0 Å².